The monoisotopic (exact) mass is 169 g/mol. The molecule has 1 saturated carbocycles. The van der Waals surface area contributed by atoms with E-state index in [1.54, 1.807) is 0 Å². The van der Waals surface area contributed by atoms with Crippen LogP contribution >= 0.6 is 0 Å². The third-order valence-electron chi connectivity index (χ3n) is 3.42. The molecule has 0 aromatic carbocycles. The van der Waals surface area contributed by atoms with Crippen molar-refractivity contribution in [3.63, 3.8) is 0 Å². The molecule has 2 N–H and O–H groups in total. The molecule has 0 aromatic rings. The summed E-state index contributed by atoms with van der Waals surface area (Å²) in [5.74, 6) is -0.251. The average molecular weight is 169 g/mol. The highest BCUT2D eigenvalue weighted by Crippen LogP contribution is 2.44. The van der Waals surface area contributed by atoms with Gasteiger partial charge in [-0.3, -0.25) is 4.79 Å². The third kappa shape index (κ3) is 1.12. The van der Waals surface area contributed by atoms with Gasteiger partial charge in [-0.2, -0.15) is 0 Å². The Morgan fingerprint density at radius 2 is 2.33 bits per heavy atom. The lowest BCUT2D eigenvalue weighted by Crippen LogP contribution is -2.51. The molecular weight excluding hydrogens is 154 g/mol. The fourth-order valence-electron chi connectivity index (χ4n) is 2.57. The summed E-state index contributed by atoms with van der Waals surface area (Å²) in [7, 11) is 0. The molecule has 1 aliphatic carbocycles. The molecule has 3 nitrogen and oxygen atoms in total. The van der Waals surface area contributed by atoms with Crippen molar-refractivity contribution in [2.24, 2.45) is 5.92 Å². The summed E-state index contributed by atoms with van der Waals surface area (Å²) in [6.07, 6.45) is 5.04. The second-order valence-electron chi connectivity index (χ2n) is 4.02. The Morgan fingerprint density at radius 3 is 2.83 bits per heavy atom. The maximum atomic E-state index is 10.6. The van der Waals surface area contributed by atoms with Crippen molar-refractivity contribution in [3.05, 3.63) is 0 Å². The summed E-state index contributed by atoms with van der Waals surface area (Å²) in [4.78, 5) is 10.6. The van der Waals surface area contributed by atoms with Gasteiger partial charge in [0.2, 0.25) is 0 Å². The van der Waals surface area contributed by atoms with Crippen LogP contribution in [0.1, 0.15) is 32.1 Å². The molecule has 2 rings (SSSR count). The number of nitrogens with one attached hydrogen (secondary N) is 1. The van der Waals surface area contributed by atoms with Crippen LogP contribution in [-0.4, -0.2) is 23.2 Å². The number of hydrogen-bond acceptors (Lipinski definition) is 2. The van der Waals surface area contributed by atoms with Crippen molar-refractivity contribution in [1.82, 2.24) is 5.32 Å². The lowest BCUT2D eigenvalue weighted by atomic mass is 9.68. The number of aliphatic carboxylic acids is 1. The van der Waals surface area contributed by atoms with Gasteiger partial charge >= 0.3 is 5.97 Å². The zero-order valence-electron chi connectivity index (χ0n) is 7.18. The molecule has 1 aliphatic heterocycles. The largest absolute Gasteiger partial charge is 0.481 e. The Kier molecular flexibility index (Phi) is 1.83. The number of rotatable bonds is 2. The van der Waals surface area contributed by atoms with Crippen molar-refractivity contribution in [2.75, 3.05) is 6.54 Å². The van der Waals surface area contributed by atoms with E-state index >= 15 is 0 Å². The SMILES string of the molecule is O=C(O)CC1CCNC12CCC2. The molecule has 12 heavy (non-hydrogen) atoms. The zero-order chi connectivity index (χ0) is 8.60. The lowest BCUT2D eigenvalue weighted by molar-refractivity contribution is -0.138. The van der Waals surface area contributed by atoms with Crippen LogP contribution in [0.4, 0.5) is 0 Å². The molecule has 3 heteroatoms. The summed E-state index contributed by atoms with van der Waals surface area (Å²) < 4.78 is 0. The molecule has 2 aliphatic rings. The highest BCUT2D eigenvalue weighted by atomic mass is 16.4. The van der Waals surface area contributed by atoms with E-state index in [-0.39, 0.29) is 5.54 Å². The molecule has 0 amide bonds. The predicted molar refractivity (Wildman–Crippen MR) is 44.9 cm³/mol. The molecule has 1 unspecified atom stereocenters. The third-order valence-corrected chi connectivity index (χ3v) is 3.42. The molecule has 0 aromatic heterocycles. The Balaban J connectivity index is 1.99. The maximum Gasteiger partial charge on any atom is 0.303 e. The Labute approximate surface area is 72.2 Å². The molecular formula is C9H15NO2. The van der Waals surface area contributed by atoms with Gasteiger partial charge in [0.25, 0.3) is 0 Å². The van der Waals surface area contributed by atoms with Gasteiger partial charge < -0.3 is 10.4 Å². The van der Waals surface area contributed by atoms with Crippen molar-refractivity contribution in [2.45, 2.75) is 37.6 Å². The zero-order valence-corrected chi connectivity index (χ0v) is 7.18. The smallest absolute Gasteiger partial charge is 0.303 e. The summed E-state index contributed by atoms with van der Waals surface area (Å²) in [6, 6.07) is 0. The fraction of sp³-hybridized carbons (Fsp3) is 0.889. The molecule has 1 saturated heterocycles. The van der Waals surface area contributed by atoms with Crippen LogP contribution in [0.3, 0.4) is 0 Å². The van der Waals surface area contributed by atoms with E-state index in [4.69, 9.17) is 5.11 Å². The second-order valence-corrected chi connectivity index (χ2v) is 4.02. The first-order valence-electron chi connectivity index (χ1n) is 4.70. The minimum Gasteiger partial charge on any atom is -0.481 e. The van der Waals surface area contributed by atoms with E-state index in [1.165, 1.54) is 19.3 Å². The second kappa shape index (κ2) is 2.73. The van der Waals surface area contributed by atoms with Crippen molar-refractivity contribution in [3.8, 4) is 0 Å². The normalized spacial score (nSPS) is 31.8. The minimum absolute atomic E-state index is 0.235. The Hall–Kier alpha value is -0.570. The molecule has 1 heterocycles. The highest BCUT2D eigenvalue weighted by molar-refractivity contribution is 5.67. The predicted octanol–water partition coefficient (Wildman–Crippen LogP) is 0.993. The van der Waals surface area contributed by atoms with Crippen LogP contribution in [0.25, 0.3) is 0 Å². The van der Waals surface area contributed by atoms with Gasteiger partial charge in [-0.1, -0.05) is 0 Å². The number of hydrogen-bond donors (Lipinski definition) is 2. The average Bonchev–Trinajstić information content (AvgIpc) is 2.28. The fourth-order valence-corrected chi connectivity index (χ4v) is 2.57. The van der Waals surface area contributed by atoms with E-state index in [0.29, 0.717) is 12.3 Å². The van der Waals surface area contributed by atoms with E-state index in [9.17, 15) is 4.79 Å². The van der Waals surface area contributed by atoms with Gasteiger partial charge in [-0.15, -0.1) is 0 Å². The van der Waals surface area contributed by atoms with Crippen molar-refractivity contribution < 1.29 is 9.90 Å². The number of carboxylic acids is 1. The molecule has 1 spiro atoms. The molecule has 68 valence electrons. The van der Waals surface area contributed by atoms with Gasteiger partial charge in [0.1, 0.15) is 0 Å². The first-order chi connectivity index (χ1) is 5.73. The number of carboxylic acid groups (broad SMARTS) is 1. The highest BCUT2D eigenvalue weighted by Gasteiger charge is 2.47. The quantitative estimate of drug-likeness (QED) is 0.648. The van der Waals surface area contributed by atoms with Gasteiger partial charge in [-0.25, -0.2) is 0 Å². The maximum absolute atomic E-state index is 10.6. The summed E-state index contributed by atoms with van der Waals surface area (Å²) >= 11 is 0. The minimum atomic E-state index is -0.644. The molecule has 2 fully saturated rings. The lowest BCUT2D eigenvalue weighted by Gasteiger charge is -2.43. The van der Waals surface area contributed by atoms with Crippen LogP contribution in [0.15, 0.2) is 0 Å². The van der Waals surface area contributed by atoms with Crippen LogP contribution in [0, 0.1) is 5.92 Å². The standard InChI is InChI=1S/C9H15NO2/c11-8(12)6-7-2-5-10-9(7)3-1-4-9/h7,10H,1-6H2,(H,11,12). The van der Waals surface area contributed by atoms with Crippen LogP contribution in [0.2, 0.25) is 0 Å². The van der Waals surface area contributed by atoms with Gasteiger partial charge in [0.15, 0.2) is 0 Å². The van der Waals surface area contributed by atoms with Crippen LogP contribution < -0.4 is 5.32 Å². The summed E-state index contributed by atoms with van der Waals surface area (Å²) in [5, 5.41) is 12.2. The van der Waals surface area contributed by atoms with Gasteiger partial charge in [0.05, 0.1) is 0 Å². The van der Waals surface area contributed by atoms with Crippen LogP contribution in [0.5, 0.6) is 0 Å². The van der Waals surface area contributed by atoms with Crippen molar-refractivity contribution in [1.29, 1.82) is 0 Å². The van der Waals surface area contributed by atoms with E-state index in [2.05, 4.69) is 5.32 Å². The number of carbonyl (C=O) groups is 1. The first kappa shape index (κ1) is 8.05. The van der Waals surface area contributed by atoms with Gasteiger partial charge in [0, 0.05) is 12.0 Å². The van der Waals surface area contributed by atoms with E-state index in [1.807, 2.05) is 0 Å². The van der Waals surface area contributed by atoms with Gasteiger partial charge in [-0.05, 0) is 38.1 Å². The topological polar surface area (TPSA) is 49.3 Å². The molecule has 0 bridgehead atoms. The Morgan fingerprint density at radius 1 is 1.58 bits per heavy atom. The first-order valence-corrected chi connectivity index (χ1v) is 4.70. The van der Waals surface area contributed by atoms with Crippen molar-refractivity contribution >= 4 is 5.97 Å². The van der Waals surface area contributed by atoms with E-state index < -0.39 is 5.97 Å². The Bertz CT molecular complexity index is 199. The van der Waals surface area contributed by atoms with E-state index in [0.717, 1.165) is 13.0 Å². The molecule has 0 radical (unpaired) electrons. The summed E-state index contributed by atoms with van der Waals surface area (Å²) in [6.45, 7) is 1.01. The van der Waals surface area contributed by atoms with Crippen LogP contribution in [-0.2, 0) is 4.79 Å². The summed E-state index contributed by atoms with van der Waals surface area (Å²) in [5.41, 5.74) is 0.235. The molecule has 1 atom stereocenters.